The Morgan fingerprint density at radius 3 is 2.74 bits per heavy atom. The van der Waals surface area contributed by atoms with Crippen molar-refractivity contribution in [3.8, 4) is 0 Å². The van der Waals surface area contributed by atoms with Crippen molar-refractivity contribution in [3.63, 3.8) is 0 Å². The van der Waals surface area contributed by atoms with Gasteiger partial charge >= 0.3 is 0 Å². The fourth-order valence-corrected chi connectivity index (χ4v) is 3.00. The molecule has 3 nitrogen and oxygen atoms in total. The molecule has 1 aromatic rings. The molecule has 1 saturated carbocycles. The van der Waals surface area contributed by atoms with Crippen molar-refractivity contribution in [2.24, 2.45) is 0 Å². The minimum absolute atomic E-state index is 0.223. The van der Waals surface area contributed by atoms with E-state index in [9.17, 15) is 5.11 Å². The molecule has 1 aliphatic carbocycles. The number of aliphatic hydroxyl groups is 1. The molecular weight excluding hydrogens is 238 g/mol. The summed E-state index contributed by atoms with van der Waals surface area (Å²) in [6.07, 6.45) is 5.08. The van der Waals surface area contributed by atoms with E-state index in [1.165, 1.54) is 24.8 Å². The molecule has 0 bridgehead atoms. The Bertz CT molecular complexity index is 355. The van der Waals surface area contributed by atoms with Gasteiger partial charge in [0.1, 0.15) is 0 Å². The summed E-state index contributed by atoms with van der Waals surface area (Å²) in [5, 5.41) is 9.30. The van der Waals surface area contributed by atoms with Crippen LogP contribution < -0.4 is 0 Å². The molecule has 0 spiro atoms. The number of hydrogen-bond donors (Lipinski definition) is 1. The summed E-state index contributed by atoms with van der Waals surface area (Å²) < 4.78 is 5.51. The number of rotatable bonds is 6. The monoisotopic (exact) mass is 263 g/mol. The zero-order chi connectivity index (χ0) is 13.5. The van der Waals surface area contributed by atoms with Crippen LogP contribution in [0.15, 0.2) is 30.3 Å². The van der Waals surface area contributed by atoms with Crippen molar-refractivity contribution in [1.82, 2.24) is 4.90 Å². The van der Waals surface area contributed by atoms with Gasteiger partial charge in [-0.2, -0.15) is 0 Å². The summed E-state index contributed by atoms with van der Waals surface area (Å²) in [5.74, 6) is 0. The molecule has 1 aliphatic rings. The second-order valence-electron chi connectivity index (χ2n) is 5.36. The Hall–Kier alpha value is -0.900. The first kappa shape index (κ1) is 14.5. The summed E-state index contributed by atoms with van der Waals surface area (Å²) in [6.45, 7) is 1.89. The Labute approximate surface area is 116 Å². The summed E-state index contributed by atoms with van der Waals surface area (Å²) in [5.41, 5.74) is 1.32. The van der Waals surface area contributed by atoms with Crippen molar-refractivity contribution >= 4 is 0 Å². The van der Waals surface area contributed by atoms with Crippen LogP contribution in [0, 0.1) is 0 Å². The standard InChI is InChI=1S/C16H25NO2/c1-19-16-9-5-8-15(12-16)17(10-11-18)13-14-6-3-2-4-7-14/h2-4,6-7,15-16,18H,5,8-13H2,1H3. The van der Waals surface area contributed by atoms with Crippen LogP contribution in [0.5, 0.6) is 0 Å². The smallest absolute Gasteiger partial charge is 0.0586 e. The fourth-order valence-electron chi connectivity index (χ4n) is 3.00. The molecule has 0 radical (unpaired) electrons. The van der Waals surface area contributed by atoms with E-state index < -0.39 is 0 Å². The van der Waals surface area contributed by atoms with Gasteiger partial charge in [0.05, 0.1) is 12.7 Å². The number of hydrogen-bond acceptors (Lipinski definition) is 3. The zero-order valence-corrected chi connectivity index (χ0v) is 11.8. The quantitative estimate of drug-likeness (QED) is 0.855. The third-order valence-corrected chi connectivity index (χ3v) is 4.06. The zero-order valence-electron chi connectivity index (χ0n) is 11.8. The van der Waals surface area contributed by atoms with Gasteiger partial charge in [-0.3, -0.25) is 4.90 Å². The molecule has 1 aromatic carbocycles. The molecule has 0 amide bonds. The van der Waals surface area contributed by atoms with Crippen molar-refractivity contribution < 1.29 is 9.84 Å². The average Bonchev–Trinajstić information content (AvgIpc) is 2.48. The van der Waals surface area contributed by atoms with Crippen LogP contribution in [0.4, 0.5) is 0 Å². The highest BCUT2D eigenvalue weighted by atomic mass is 16.5. The van der Waals surface area contributed by atoms with Crippen LogP contribution in [-0.2, 0) is 11.3 Å². The lowest BCUT2D eigenvalue weighted by Crippen LogP contribution is -2.41. The van der Waals surface area contributed by atoms with Crippen molar-refractivity contribution in [3.05, 3.63) is 35.9 Å². The Morgan fingerprint density at radius 1 is 1.26 bits per heavy atom. The maximum atomic E-state index is 9.30. The second-order valence-corrected chi connectivity index (χ2v) is 5.36. The number of methoxy groups -OCH3 is 1. The van der Waals surface area contributed by atoms with E-state index in [1.54, 1.807) is 7.11 Å². The number of benzene rings is 1. The molecule has 2 unspecified atom stereocenters. The lowest BCUT2D eigenvalue weighted by molar-refractivity contribution is 0.0207. The van der Waals surface area contributed by atoms with E-state index in [4.69, 9.17) is 4.74 Å². The first-order chi connectivity index (χ1) is 9.33. The molecule has 1 fully saturated rings. The van der Waals surface area contributed by atoms with Crippen molar-refractivity contribution in [2.75, 3.05) is 20.3 Å². The van der Waals surface area contributed by atoms with Crippen LogP contribution in [0.1, 0.15) is 31.2 Å². The summed E-state index contributed by atoms with van der Waals surface area (Å²) in [4.78, 5) is 2.40. The van der Waals surface area contributed by atoms with Gasteiger partial charge in [0.15, 0.2) is 0 Å². The van der Waals surface area contributed by atoms with Gasteiger partial charge in [0, 0.05) is 26.2 Å². The molecule has 3 heteroatoms. The van der Waals surface area contributed by atoms with E-state index in [2.05, 4.69) is 29.2 Å². The van der Waals surface area contributed by atoms with Gasteiger partial charge in [-0.25, -0.2) is 0 Å². The van der Waals surface area contributed by atoms with Gasteiger partial charge in [0.25, 0.3) is 0 Å². The Kier molecular flexibility index (Phi) is 5.83. The number of aliphatic hydroxyl groups excluding tert-OH is 1. The molecule has 19 heavy (non-hydrogen) atoms. The molecule has 2 atom stereocenters. The SMILES string of the molecule is COC1CCCC(N(CCO)Cc2ccccc2)C1. The minimum atomic E-state index is 0.223. The highest BCUT2D eigenvalue weighted by Gasteiger charge is 2.26. The molecule has 0 saturated heterocycles. The predicted octanol–water partition coefficient (Wildman–Crippen LogP) is 2.44. The van der Waals surface area contributed by atoms with Crippen molar-refractivity contribution in [1.29, 1.82) is 0 Å². The predicted molar refractivity (Wildman–Crippen MR) is 77.0 cm³/mol. The Morgan fingerprint density at radius 2 is 2.05 bits per heavy atom. The minimum Gasteiger partial charge on any atom is -0.395 e. The topological polar surface area (TPSA) is 32.7 Å². The van der Waals surface area contributed by atoms with E-state index in [-0.39, 0.29) is 6.61 Å². The summed E-state index contributed by atoms with van der Waals surface area (Å²) >= 11 is 0. The van der Waals surface area contributed by atoms with Gasteiger partial charge < -0.3 is 9.84 Å². The average molecular weight is 263 g/mol. The van der Waals surface area contributed by atoms with E-state index >= 15 is 0 Å². The van der Waals surface area contributed by atoms with Crippen LogP contribution >= 0.6 is 0 Å². The Balaban J connectivity index is 1.98. The van der Waals surface area contributed by atoms with Crippen LogP contribution in [0.2, 0.25) is 0 Å². The molecule has 0 aromatic heterocycles. The third-order valence-electron chi connectivity index (χ3n) is 4.06. The van der Waals surface area contributed by atoms with Gasteiger partial charge in [0.2, 0.25) is 0 Å². The van der Waals surface area contributed by atoms with Crippen LogP contribution in [-0.4, -0.2) is 42.4 Å². The van der Waals surface area contributed by atoms with E-state index in [1.807, 2.05) is 6.07 Å². The second kappa shape index (κ2) is 7.63. The molecule has 0 heterocycles. The largest absolute Gasteiger partial charge is 0.395 e. The van der Waals surface area contributed by atoms with Gasteiger partial charge in [-0.05, 0) is 31.2 Å². The van der Waals surface area contributed by atoms with E-state index in [0.717, 1.165) is 19.5 Å². The highest BCUT2D eigenvalue weighted by Crippen LogP contribution is 2.25. The summed E-state index contributed by atoms with van der Waals surface area (Å²) in [7, 11) is 1.81. The molecular formula is C16H25NO2. The normalized spacial score (nSPS) is 23.7. The third kappa shape index (κ3) is 4.30. The van der Waals surface area contributed by atoms with Crippen LogP contribution in [0.25, 0.3) is 0 Å². The lowest BCUT2D eigenvalue weighted by atomic mass is 9.91. The molecule has 106 valence electrons. The van der Waals surface area contributed by atoms with Gasteiger partial charge in [-0.1, -0.05) is 30.3 Å². The first-order valence-electron chi connectivity index (χ1n) is 7.25. The molecule has 2 rings (SSSR count). The molecule has 1 N–H and O–H groups in total. The number of nitrogens with zero attached hydrogens (tertiary/aromatic N) is 1. The van der Waals surface area contributed by atoms with Crippen LogP contribution in [0.3, 0.4) is 0 Å². The van der Waals surface area contributed by atoms with Gasteiger partial charge in [-0.15, -0.1) is 0 Å². The maximum Gasteiger partial charge on any atom is 0.0586 e. The fraction of sp³-hybridized carbons (Fsp3) is 0.625. The maximum absolute atomic E-state index is 9.30. The van der Waals surface area contributed by atoms with E-state index in [0.29, 0.717) is 12.1 Å². The number of ether oxygens (including phenoxy) is 1. The highest BCUT2D eigenvalue weighted by molar-refractivity contribution is 5.14. The lowest BCUT2D eigenvalue weighted by Gasteiger charge is -2.37. The first-order valence-corrected chi connectivity index (χ1v) is 7.25. The molecule has 0 aliphatic heterocycles. The summed E-state index contributed by atoms with van der Waals surface area (Å²) in [6, 6.07) is 11.0. The van der Waals surface area contributed by atoms with Crippen molar-refractivity contribution in [2.45, 2.75) is 44.4 Å².